The molecule has 0 spiro atoms. The van der Waals surface area contributed by atoms with Gasteiger partial charge in [0.1, 0.15) is 5.75 Å². The fourth-order valence-corrected chi connectivity index (χ4v) is 2.61. The number of anilines is 2. The van der Waals surface area contributed by atoms with Crippen LogP contribution in [0, 0.1) is 19.8 Å². The van der Waals surface area contributed by atoms with Gasteiger partial charge in [0.2, 0.25) is 5.91 Å². The molecule has 2 rings (SSSR count). The van der Waals surface area contributed by atoms with Gasteiger partial charge >= 0.3 is 5.97 Å². The Morgan fingerprint density at radius 3 is 2.11 bits per heavy atom. The zero-order chi connectivity index (χ0) is 20.8. The molecule has 0 atom stereocenters. The van der Waals surface area contributed by atoms with E-state index in [-0.39, 0.29) is 17.7 Å². The number of amides is 2. The number of aliphatic carboxylic acids is 1. The van der Waals surface area contributed by atoms with E-state index < -0.39 is 12.6 Å². The molecule has 0 heterocycles. The molecule has 2 aromatic carbocycles. The highest BCUT2D eigenvalue weighted by atomic mass is 16.5. The van der Waals surface area contributed by atoms with Crippen LogP contribution in [0.3, 0.4) is 0 Å². The van der Waals surface area contributed by atoms with Gasteiger partial charge in [-0.15, -0.1) is 0 Å². The van der Waals surface area contributed by atoms with Gasteiger partial charge in [-0.05, 0) is 55.3 Å². The quantitative estimate of drug-likeness (QED) is 0.676. The molecule has 0 unspecified atom stereocenters. The van der Waals surface area contributed by atoms with E-state index in [4.69, 9.17) is 9.84 Å². The summed E-state index contributed by atoms with van der Waals surface area (Å²) in [6.45, 7) is 6.67. The smallest absolute Gasteiger partial charge is 0.341 e. The van der Waals surface area contributed by atoms with Gasteiger partial charge in [-0.1, -0.05) is 19.9 Å². The molecule has 0 aliphatic carbocycles. The molecule has 2 amide bonds. The van der Waals surface area contributed by atoms with E-state index in [1.807, 2.05) is 0 Å². The predicted molar refractivity (Wildman–Crippen MR) is 107 cm³/mol. The summed E-state index contributed by atoms with van der Waals surface area (Å²) in [5.74, 6) is -1.18. The highest BCUT2D eigenvalue weighted by molar-refractivity contribution is 6.05. The summed E-state index contributed by atoms with van der Waals surface area (Å²) in [7, 11) is 0. The Bertz CT molecular complexity index is 882. The molecule has 0 fully saturated rings. The molecule has 3 N–H and O–H groups in total. The molecule has 0 aliphatic rings. The van der Waals surface area contributed by atoms with Crippen LogP contribution in [0.5, 0.6) is 5.75 Å². The first-order chi connectivity index (χ1) is 13.2. The van der Waals surface area contributed by atoms with Gasteiger partial charge in [0.05, 0.1) is 0 Å². The van der Waals surface area contributed by atoms with Gasteiger partial charge in [-0.25, -0.2) is 4.79 Å². The molecule has 0 aliphatic heterocycles. The lowest BCUT2D eigenvalue weighted by Crippen LogP contribution is -2.18. The number of aryl methyl sites for hydroxylation is 2. The van der Waals surface area contributed by atoms with Gasteiger partial charge in [0.25, 0.3) is 5.91 Å². The largest absolute Gasteiger partial charge is 0.481 e. The zero-order valence-corrected chi connectivity index (χ0v) is 16.3. The minimum Gasteiger partial charge on any atom is -0.481 e. The molecule has 0 radical (unpaired) electrons. The summed E-state index contributed by atoms with van der Waals surface area (Å²) >= 11 is 0. The summed E-state index contributed by atoms with van der Waals surface area (Å²) in [5, 5.41) is 14.3. The molecule has 148 valence electrons. The number of ether oxygens (including phenoxy) is 1. The van der Waals surface area contributed by atoms with Crippen molar-refractivity contribution in [3.8, 4) is 5.75 Å². The highest BCUT2D eigenvalue weighted by Crippen LogP contribution is 2.25. The van der Waals surface area contributed by atoms with Crippen LogP contribution in [-0.4, -0.2) is 29.5 Å². The van der Waals surface area contributed by atoms with E-state index in [0.717, 1.165) is 0 Å². The summed E-state index contributed by atoms with van der Waals surface area (Å²) in [4.78, 5) is 35.1. The lowest BCUT2D eigenvalue weighted by molar-refractivity contribution is -0.139. The number of carboxylic acids is 1. The molecule has 7 heteroatoms. The van der Waals surface area contributed by atoms with Crippen LogP contribution < -0.4 is 15.4 Å². The van der Waals surface area contributed by atoms with Gasteiger partial charge in [0, 0.05) is 22.9 Å². The molecule has 2 aromatic rings. The van der Waals surface area contributed by atoms with Crippen LogP contribution in [0.1, 0.15) is 35.3 Å². The average Bonchev–Trinajstić information content (AvgIpc) is 2.60. The number of benzene rings is 2. The molecular weight excluding hydrogens is 360 g/mol. The van der Waals surface area contributed by atoms with Gasteiger partial charge in [-0.3, -0.25) is 9.59 Å². The van der Waals surface area contributed by atoms with Crippen LogP contribution in [-0.2, 0) is 9.59 Å². The summed E-state index contributed by atoms with van der Waals surface area (Å²) in [5.41, 5.74) is 2.91. The first-order valence-electron chi connectivity index (χ1n) is 8.85. The van der Waals surface area contributed by atoms with Crippen molar-refractivity contribution >= 4 is 29.2 Å². The van der Waals surface area contributed by atoms with Crippen molar-refractivity contribution < 1.29 is 24.2 Å². The molecule has 0 saturated carbocycles. The summed E-state index contributed by atoms with van der Waals surface area (Å²) < 4.78 is 5.28. The Morgan fingerprint density at radius 1 is 1.00 bits per heavy atom. The van der Waals surface area contributed by atoms with Crippen molar-refractivity contribution in [3.63, 3.8) is 0 Å². The van der Waals surface area contributed by atoms with Crippen molar-refractivity contribution in [2.75, 3.05) is 17.2 Å². The second-order valence-electron chi connectivity index (χ2n) is 6.80. The van der Waals surface area contributed by atoms with E-state index in [9.17, 15) is 14.4 Å². The van der Waals surface area contributed by atoms with Crippen molar-refractivity contribution in [1.29, 1.82) is 0 Å². The van der Waals surface area contributed by atoms with E-state index >= 15 is 0 Å². The summed E-state index contributed by atoms with van der Waals surface area (Å²) in [6.07, 6.45) is 0. The van der Waals surface area contributed by atoms with Crippen LogP contribution in [0.15, 0.2) is 36.4 Å². The Labute approximate surface area is 163 Å². The molecule has 0 bridgehead atoms. The Balaban J connectivity index is 2.15. The predicted octanol–water partition coefficient (Wildman–Crippen LogP) is 3.61. The third-order valence-electron chi connectivity index (χ3n) is 3.97. The van der Waals surface area contributed by atoms with E-state index in [2.05, 4.69) is 10.6 Å². The van der Waals surface area contributed by atoms with Crippen LogP contribution in [0.25, 0.3) is 0 Å². The van der Waals surface area contributed by atoms with E-state index in [1.54, 1.807) is 64.1 Å². The topological polar surface area (TPSA) is 105 Å². The molecular formula is C21H24N2O5. The number of carboxylic acid groups (broad SMARTS) is 1. The van der Waals surface area contributed by atoms with Crippen molar-refractivity contribution in [3.05, 3.63) is 53.1 Å². The zero-order valence-electron chi connectivity index (χ0n) is 16.3. The maximum absolute atomic E-state index is 12.6. The first kappa shape index (κ1) is 21.0. The summed E-state index contributed by atoms with van der Waals surface area (Å²) in [6, 6.07) is 10.2. The maximum Gasteiger partial charge on any atom is 0.341 e. The monoisotopic (exact) mass is 384 g/mol. The third kappa shape index (κ3) is 5.57. The SMILES string of the molecule is Cc1cc(C(=O)Nc2cccc(NC(=O)C(C)C)c2)cc(C)c1OCC(=O)O. The number of carbonyl (C=O) groups is 3. The molecule has 0 saturated heterocycles. The van der Waals surface area contributed by atoms with Gasteiger partial charge < -0.3 is 20.5 Å². The normalized spacial score (nSPS) is 10.5. The number of hydrogen-bond donors (Lipinski definition) is 3. The number of nitrogens with one attached hydrogen (secondary N) is 2. The standard InChI is InChI=1S/C21H24N2O5/c1-12(2)20(26)22-16-6-5-7-17(10-16)23-21(27)15-8-13(3)19(14(4)9-15)28-11-18(24)25/h5-10,12H,11H2,1-4H3,(H,22,26)(H,23,27)(H,24,25). The molecule has 7 nitrogen and oxygen atoms in total. The van der Waals surface area contributed by atoms with Crippen LogP contribution in [0.2, 0.25) is 0 Å². The molecule has 28 heavy (non-hydrogen) atoms. The van der Waals surface area contributed by atoms with Crippen LogP contribution >= 0.6 is 0 Å². The highest BCUT2D eigenvalue weighted by Gasteiger charge is 2.14. The lowest BCUT2D eigenvalue weighted by atomic mass is 10.0. The molecule has 0 aromatic heterocycles. The van der Waals surface area contributed by atoms with Crippen molar-refractivity contribution in [2.24, 2.45) is 5.92 Å². The number of rotatable bonds is 7. The van der Waals surface area contributed by atoms with Gasteiger partial charge in [0.15, 0.2) is 6.61 Å². The van der Waals surface area contributed by atoms with E-state index in [1.165, 1.54) is 0 Å². The fourth-order valence-electron chi connectivity index (χ4n) is 2.61. The minimum atomic E-state index is -1.06. The Kier molecular flexibility index (Phi) is 6.76. The fraction of sp³-hybridized carbons (Fsp3) is 0.286. The van der Waals surface area contributed by atoms with Crippen molar-refractivity contribution in [1.82, 2.24) is 0 Å². The van der Waals surface area contributed by atoms with Crippen molar-refractivity contribution in [2.45, 2.75) is 27.7 Å². The van der Waals surface area contributed by atoms with Gasteiger partial charge in [-0.2, -0.15) is 0 Å². The van der Waals surface area contributed by atoms with Crippen LogP contribution in [0.4, 0.5) is 11.4 Å². The number of carbonyl (C=O) groups excluding carboxylic acids is 2. The third-order valence-corrected chi connectivity index (χ3v) is 3.97. The second kappa shape index (κ2) is 9.03. The Morgan fingerprint density at radius 2 is 1.57 bits per heavy atom. The second-order valence-corrected chi connectivity index (χ2v) is 6.80. The average molecular weight is 384 g/mol. The number of hydrogen-bond acceptors (Lipinski definition) is 4. The maximum atomic E-state index is 12.6. The Hall–Kier alpha value is -3.35. The minimum absolute atomic E-state index is 0.105. The van der Waals surface area contributed by atoms with E-state index in [0.29, 0.717) is 33.8 Å². The first-order valence-corrected chi connectivity index (χ1v) is 8.85. The lowest BCUT2D eigenvalue weighted by Gasteiger charge is -2.13.